The molecule has 4 nitrogen and oxygen atoms in total. The van der Waals surface area contributed by atoms with Crippen molar-refractivity contribution in [3.63, 3.8) is 0 Å². The molecule has 2 aliphatic heterocycles. The Morgan fingerprint density at radius 1 is 1.12 bits per heavy atom. The van der Waals surface area contributed by atoms with Gasteiger partial charge in [0.05, 0.1) is 0 Å². The van der Waals surface area contributed by atoms with Crippen LogP contribution in [0, 0.1) is 5.92 Å². The summed E-state index contributed by atoms with van der Waals surface area (Å²) in [4.78, 5) is 14.9. The summed E-state index contributed by atoms with van der Waals surface area (Å²) in [5.41, 5.74) is 1.38. The predicted molar refractivity (Wildman–Crippen MR) is 100 cm³/mol. The molecule has 134 valence electrons. The van der Waals surface area contributed by atoms with Crippen molar-refractivity contribution in [2.45, 2.75) is 44.7 Å². The maximum atomic E-state index is 12.4. The van der Waals surface area contributed by atoms with Crippen molar-refractivity contribution < 1.29 is 4.79 Å². The number of hydrogen-bond acceptors (Lipinski definition) is 3. The summed E-state index contributed by atoms with van der Waals surface area (Å²) in [5, 5.41) is 6.61. The standard InChI is InChI=1S/C19H29N3O.ClH/c1-15(16-5-3-2-4-6-16)22-13-9-18(10-14-22)21-19(23)17-7-11-20-12-8-17;/h2-6,15,17-18,20H,7-14H2,1H3,(H,21,23);1H. The summed E-state index contributed by atoms with van der Waals surface area (Å²) in [7, 11) is 0. The number of carbonyl (C=O) groups is 1. The molecule has 2 saturated heterocycles. The SMILES string of the molecule is CC(c1ccccc1)N1CCC(NC(=O)C2CCNCC2)CC1.Cl. The van der Waals surface area contributed by atoms with E-state index in [2.05, 4.69) is 52.8 Å². The maximum Gasteiger partial charge on any atom is 0.223 e. The minimum absolute atomic E-state index is 0. The van der Waals surface area contributed by atoms with Crippen molar-refractivity contribution in [3.05, 3.63) is 35.9 Å². The van der Waals surface area contributed by atoms with Crippen LogP contribution in [0.2, 0.25) is 0 Å². The highest BCUT2D eigenvalue weighted by Gasteiger charge is 2.27. The summed E-state index contributed by atoms with van der Waals surface area (Å²) in [6, 6.07) is 11.5. The van der Waals surface area contributed by atoms with Crippen molar-refractivity contribution in [2.24, 2.45) is 5.92 Å². The molecule has 3 rings (SSSR count). The monoisotopic (exact) mass is 351 g/mol. The lowest BCUT2D eigenvalue weighted by Crippen LogP contribution is -2.48. The zero-order valence-corrected chi connectivity index (χ0v) is 15.4. The summed E-state index contributed by atoms with van der Waals surface area (Å²) in [6.07, 6.45) is 4.09. The average molecular weight is 352 g/mol. The van der Waals surface area contributed by atoms with E-state index in [0.717, 1.165) is 51.9 Å². The second-order valence-electron chi connectivity index (χ2n) is 6.93. The molecule has 1 amide bonds. The van der Waals surface area contributed by atoms with Gasteiger partial charge < -0.3 is 10.6 Å². The highest BCUT2D eigenvalue weighted by Crippen LogP contribution is 2.24. The molecule has 0 bridgehead atoms. The highest BCUT2D eigenvalue weighted by molar-refractivity contribution is 5.85. The quantitative estimate of drug-likeness (QED) is 0.876. The van der Waals surface area contributed by atoms with Crippen LogP contribution in [0.1, 0.15) is 44.2 Å². The van der Waals surface area contributed by atoms with Gasteiger partial charge in [0.2, 0.25) is 5.91 Å². The van der Waals surface area contributed by atoms with E-state index in [0.29, 0.717) is 12.1 Å². The first-order valence-electron chi connectivity index (χ1n) is 9.04. The van der Waals surface area contributed by atoms with Crippen LogP contribution in [0.15, 0.2) is 30.3 Å². The van der Waals surface area contributed by atoms with E-state index in [1.165, 1.54) is 5.56 Å². The van der Waals surface area contributed by atoms with Crippen molar-refractivity contribution >= 4 is 18.3 Å². The molecule has 1 aromatic rings. The van der Waals surface area contributed by atoms with Gasteiger partial charge in [-0.15, -0.1) is 12.4 Å². The molecule has 2 heterocycles. The van der Waals surface area contributed by atoms with Gasteiger partial charge in [-0.2, -0.15) is 0 Å². The summed E-state index contributed by atoms with van der Waals surface area (Å²) in [6.45, 7) is 6.36. The fourth-order valence-corrected chi connectivity index (χ4v) is 3.78. The first-order chi connectivity index (χ1) is 11.2. The first-order valence-corrected chi connectivity index (χ1v) is 9.04. The number of amides is 1. The minimum Gasteiger partial charge on any atom is -0.353 e. The number of nitrogens with one attached hydrogen (secondary N) is 2. The van der Waals surface area contributed by atoms with Crippen LogP contribution >= 0.6 is 12.4 Å². The van der Waals surface area contributed by atoms with Gasteiger partial charge in [0.1, 0.15) is 0 Å². The number of carbonyl (C=O) groups excluding carboxylic acids is 1. The van der Waals surface area contributed by atoms with E-state index in [9.17, 15) is 4.79 Å². The molecule has 0 radical (unpaired) electrons. The van der Waals surface area contributed by atoms with Crippen LogP contribution in [0.4, 0.5) is 0 Å². The molecule has 2 fully saturated rings. The third-order valence-electron chi connectivity index (χ3n) is 5.42. The minimum atomic E-state index is 0. The second kappa shape index (κ2) is 9.40. The molecular weight excluding hydrogens is 322 g/mol. The van der Waals surface area contributed by atoms with Crippen LogP contribution in [-0.2, 0) is 4.79 Å². The topological polar surface area (TPSA) is 44.4 Å². The number of rotatable bonds is 4. The molecule has 0 aliphatic carbocycles. The second-order valence-corrected chi connectivity index (χ2v) is 6.93. The van der Waals surface area contributed by atoms with Gasteiger partial charge in [0.15, 0.2) is 0 Å². The molecular formula is C19H30ClN3O. The van der Waals surface area contributed by atoms with Crippen molar-refractivity contribution in [2.75, 3.05) is 26.2 Å². The first kappa shape index (κ1) is 19.2. The molecule has 0 aromatic heterocycles. The van der Waals surface area contributed by atoms with Gasteiger partial charge in [-0.3, -0.25) is 9.69 Å². The van der Waals surface area contributed by atoms with E-state index in [1.807, 2.05) is 0 Å². The van der Waals surface area contributed by atoms with Crippen LogP contribution in [0.5, 0.6) is 0 Å². The molecule has 0 saturated carbocycles. The fourth-order valence-electron chi connectivity index (χ4n) is 3.78. The number of likely N-dealkylation sites (tertiary alicyclic amines) is 1. The lowest BCUT2D eigenvalue weighted by Gasteiger charge is -2.37. The van der Waals surface area contributed by atoms with E-state index < -0.39 is 0 Å². The molecule has 1 atom stereocenters. The molecule has 1 unspecified atom stereocenters. The molecule has 1 aromatic carbocycles. The van der Waals surface area contributed by atoms with Gasteiger partial charge in [-0.05, 0) is 51.3 Å². The summed E-state index contributed by atoms with van der Waals surface area (Å²) < 4.78 is 0. The van der Waals surface area contributed by atoms with E-state index in [-0.39, 0.29) is 24.2 Å². The average Bonchev–Trinajstić information content (AvgIpc) is 2.63. The normalized spacial score (nSPS) is 21.7. The van der Waals surface area contributed by atoms with Crippen LogP contribution in [0.3, 0.4) is 0 Å². The van der Waals surface area contributed by atoms with E-state index in [4.69, 9.17) is 0 Å². The fraction of sp³-hybridized carbons (Fsp3) is 0.632. The van der Waals surface area contributed by atoms with Gasteiger partial charge in [0, 0.05) is 31.1 Å². The third-order valence-corrected chi connectivity index (χ3v) is 5.42. The van der Waals surface area contributed by atoms with Gasteiger partial charge >= 0.3 is 0 Å². The Balaban J connectivity index is 0.00000208. The third kappa shape index (κ3) is 4.95. The zero-order chi connectivity index (χ0) is 16.1. The van der Waals surface area contributed by atoms with Gasteiger partial charge in [-0.25, -0.2) is 0 Å². The Labute approximate surface area is 151 Å². The number of nitrogens with zero attached hydrogens (tertiary/aromatic N) is 1. The van der Waals surface area contributed by atoms with Gasteiger partial charge in [-0.1, -0.05) is 30.3 Å². The lowest BCUT2D eigenvalue weighted by molar-refractivity contribution is -0.126. The smallest absolute Gasteiger partial charge is 0.223 e. The van der Waals surface area contributed by atoms with Crippen molar-refractivity contribution in [1.82, 2.24) is 15.5 Å². The molecule has 2 aliphatic rings. The largest absolute Gasteiger partial charge is 0.353 e. The predicted octanol–water partition coefficient (Wildman–Crippen LogP) is 2.75. The molecule has 24 heavy (non-hydrogen) atoms. The molecule has 2 N–H and O–H groups in total. The Bertz CT molecular complexity index is 497. The number of piperidine rings is 2. The summed E-state index contributed by atoms with van der Waals surface area (Å²) >= 11 is 0. The lowest BCUT2D eigenvalue weighted by atomic mass is 9.95. The Morgan fingerprint density at radius 2 is 1.75 bits per heavy atom. The van der Waals surface area contributed by atoms with Crippen LogP contribution in [-0.4, -0.2) is 43.0 Å². The summed E-state index contributed by atoms with van der Waals surface area (Å²) in [5.74, 6) is 0.499. The number of halogens is 1. The van der Waals surface area contributed by atoms with Crippen LogP contribution < -0.4 is 10.6 Å². The molecule has 5 heteroatoms. The Kier molecular flexibility index (Phi) is 7.53. The highest BCUT2D eigenvalue weighted by atomic mass is 35.5. The van der Waals surface area contributed by atoms with Gasteiger partial charge in [0.25, 0.3) is 0 Å². The maximum absolute atomic E-state index is 12.4. The Morgan fingerprint density at radius 3 is 2.38 bits per heavy atom. The van der Waals surface area contributed by atoms with Crippen molar-refractivity contribution in [1.29, 1.82) is 0 Å². The number of benzene rings is 1. The van der Waals surface area contributed by atoms with Crippen molar-refractivity contribution in [3.8, 4) is 0 Å². The van der Waals surface area contributed by atoms with E-state index >= 15 is 0 Å². The molecule has 0 spiro atoms. The zero-order valence-electron chi connectivity index (χ0n) is 14.5. The van der Waals surface area contributed by atoms with E-state index in [1.54, 1.807) is 0 Å². The van der Waals surface area contributed by atoms with Crippen LogP contribution in [0.25, 0.3) is 0 Å². The Hall–Kier alpha value is -1.10. The number of hydrogen-bond donors (Lipinski definition) is 2.